The van der Waals surface area contributed by atoms with Crippen LogP contribution in [0, 0.1) is 34.5 Å². The van der Waals surface area contributed by atoms with E-state index in [-0.39, 0.29) is 5.41 Å². The Labute approximate surface area is 170 Å². The van der Waals surface area contributed by atoms with Gasteiger partial charge in [-0.2, -0.15) is 0 Å². The first-order chi connectivity index (χ1) is 13.7. The maximum absolute atomic E-state index is 6.32. The molecule has 1 aliphatic heterocycles. The molecular formula is C24H37NO3. The van der Waals surface area contributed by atoms with E-state index in [2.05, 4.69) is 13.5 Å². The highest BCUT2D eigenvalue weighted by atomic mass is 16.6. The van der Waals surface area contributed by atoms with Crippen molar-refractivity contribution in [1.29, 1.82) is 0 Å². The summed E-state index contributed by atoms with van der Waals surface area (Å²) in [6.07, 6.45) is 13.9. The third-order valence-corrected chi connectivity index (χ3v) is 9.34. The number of fused-ring (bicyclic) bond motifs is 4. The SMILES string of the molecule is C=CCO/N=C1\CC2CCCC[C@]2(C)[C@H]2CC[C@]34COCCOC3CC[C@H]4[C@H]12. The number of nitrogens with zero attached hydrogens (tertiary/aromatic N) is 1. The van der Waals surface area contributed by atoms with Gasteiger partial charge in [0.15, 0.2) is 0 Å². The second-order valence-corrected chi connectivity index (χ2v) is 10.3. The first kappa shape index (κ1) is 19.1. The monoisotopic (exact) mass is 387 g/mol. The summed E-state index contributed by atoms with van der Waals surface area (Å²) < 4.78 is 12.4. The Morgan fingerprint density at radius 2 is 2.07 bits per heavy atom. The molecule has 0 radical (unpaired) electrons. The van der Waals surface area contributed by atoms with Crippen LogP contribution in [0.1, 0.15) is 64.7 Å². The molecule has 5 aliphatic rings. The molecule has 7 atom stereocenters. The summed E-state index contributed by atoms with van der Waals surface area (Å²) in [5.41, 5.74) is 2.03. The summed E-state index contributed by atoms with van der Waals surface area (Å²) in [5.74, 6) is 2.71. The van der Waals surface area contributed by atoms with Gasteiger partial charge in [-0.25, -0.2) is 0 Å². The van der Waals surface area contributed by atoms with Crippen LogP contribution in [0.25, 0.3) is 0 Å². The predicted molar refractivity (Wildman–Crippen MR) is 110 cm³/mol. The van der Waals surface area contributed by atoms with Crippen LogP contribution in [0.4, 0.5) is 0 Å². The third-order valence-electron chi connectivity index (χ3n) is 9.34. The molecule has 1 spiro atoms. The number of hydrogen-bond donors (Lipinski definition) is 0. The molecule has 0 aromatic carbocycles. The maximum atomic E-state index is 6.32. The number of ether oxygens (including phenoxy) is 2. The summed E-state index contributed by atoms with van der Waals surface area (Å²) in [7, 11) is 0. The Morgan fingerprint density at radius 3 is 2.96 bits per heavy atom. The summed E-state index contributed by atoms with van der Waals surface area (Å²) in [6, 6.07) is 0. The van der Waals surface area contributed by atoms with E-state index in [4.69, 9.17) is 19.5 Å². The summed E-state index contributed by atoms with van der Waals surface area (Å²) >= 11 is 0. The van der Waals surface area contributed by atoms with Crippen LogP contribution in [0.2, 0.25) is 0 Å². The molecule has 4 aliphatic carbocycles. The standard InChI is InChI=1S/C24H37NO3/c1-3-12-28-25-20-15-17-6-4-5-10-23(17,2)18-9-11-24-16-26-13-14-27-21(24)8-7-19(24)22(18)20/h3,17-19,21-22H,1,4-16H2,2H3/b25-20+/t17?,18-,19-,21?,22+,23-,24+/m0/s1. The fourth-order valence-electron chi connectivity index (χ4n) is 8.06. The van der Waals surface area contributed by atoms with Gasteiger partial charge in [-0.05, 0) is 68.1 Å². The van der Waals surface area contributed by atoms with Crippen LogP contribution in [0.15, 0.2) is 17.8 Å². The smallest absolute Gasteiger partial charge is 0.135 e. The van der Waals surface area contributed by atoms with Crippen LogP contribution in [0.3, 0.4) is 0 Å². The average Bonchev–Trinajstić information content (AvgIpc) is 2.95. The van der Waals surface area contributed by atoms with Gasteiger partial charge in [0.1, 0.15) is 6.61 Å². The lowest BCUT2D eigenvalue weighted by molar-refractivity contribution is -0.109. The van der Waals surface area contributed by atoms with Gasteiger partial charge < -0.3 is 14.3 Å². The van der Waals surface area contributed by atoms with E-state index in [0.29, 0.717) is 30.0 Å². The molecule has 5 rings (SSSR count). The highest BCUT2D eigenvalue weighted by Crippen LogP contribution is 2.66. The molecule has 0 aromatic rings. The maximum Gasteiger partial charge on any atom is 0.135 e. The van der Waals surface area contributed by atoms with E-state index in [1.54, 1.807) is 6.08 Å². The van der Waals surface area contributed by atoms with Crippen molar-refractivity contribution in [1.82, 2.24) is 0 Å². The highest BCUT2D eigenvalue weighted by Gasteiger charge is 2.64. The van der Waals surface area contributed by atoms with Gasteiger partial charge in [-0.1, -0.05) is 37.6 Å². The number of rotatable bonds is 3. The number of oxime groups is 1. The van der Waals surface area contributed by atoms with E-state index in [1.807, 2.05) is 0 Å². The van der Waals surface area contributed by atoms with Crippen molar-refractivity contribution in [2.24, 2.45) is 39.7 Å². The van der Waals surface area contributed by atoms with Gasteiger partial charge in [0.05, 0.1) is 31.6 Å². The first-order valence-corrected chi connectivity index (χ1v) is 11.7. The molecule has 28 heavy (non-hydrogen) atoms. The van der Waals surface area contributed by atoms with E-state index in [1.165, 1.54) is 57.1 Å². The molecule has 0 N–H and O–H groups in total. The van der Waals surface area contributed by atoms with Gasteiger partial charge in [0.2, 0.25) is 0 Å². The lowest BCUT2D eigenvalue weighted by Gasteiger charge is -2.60. The van der Waals surface area contributed by atoms with E-state index in [9.17, 15) is 0 Å². The lowest BCUT2D eigenvalue weighted by Crippen LogP contribution is -2.58. The minimum absolute atomic E-state index is 0.203. The van der Waals surface area contributed by atoms with Gasteiger partial charge in [0.25, 0.3) is 0 Å². The first-order valence-electron chi connectivity index (χ1n) is 11.7. The van der Waals surface area contributed by atoms with Crippen molar-refractivity contribution in [2.75, 3.05) is 26.4 Å². The van der Waals surface area contributed by atoms with Gasteiger partial charge in [-0.3, -0.25) is 0 Å². The fourth-order valence-corrected chi connectivity index (χ4v) is 8.06. The molecule has 1 heterocycles. The Bertz CT molecular complexity index is 633. The minimum atomic E-state index is 0.203. The zero-order chi connectivity index (χ0) is 19.2. The molecule has 4 nitrogen and oxygen atoms in total. The van der Waals surface area contributed by atoms with E-state index >= 15 is 0 Å². The van der Waals surface area contributed by atoms with Crippen molar-refractivity contribution in [3.63, 3.8) is 0 Å². The second kappa shape index (κ2) is 7.43. The quantitative estimate of drug-likeness (QED) is 0.389. The van der Waals surface area contributed by atoms with Crippen molar-refractivity contribution >= 4 is 5.71 Å². The minimum Gasteiger partial charge on any atom is -0.392 e. The van der Waals surface area contributed by atoms with Crippen LogP contribution in [-0.2, 0) is 14.3 Å². The molecule has 1 saturated heterocycles. The van der Waals surface area contributed by atoms with Crippen LogP contribution in [-0.4, -0.2) is 38.2 Å². The molecule has 2 unspecified atom stereocenters. The molecular weight excluding hydrogens is 350 g/mol. The summed E-state index contributed by atoms with van der Waals surface area (Å²) in [5, 5.41) is 4.76. The normalized spacial score (nSPS) is 49.3. The molecule has 156 valence electrons. The summed E-state index contributed by atoms with van der Waals surface area (Å²) in [6.45, 7) is 9.30. The van der Waals surface area contributed by atoms with Crippen LogP contribution < -0.4 is 0 Å². The zero-order valence-corrected chi connectivity index (χ0v) is 17.5. The predicted octanol–water partition coefficient (Wildman–Crippen LogP) is 4.98. The van der Waals surface area contributed by atoms with Gasteiger partial charge >= 0.3 is 0 Å². The van der Waals surface area contributed by atoms with Crippen LogP contribution >= 0.6 is 0 Å². The Balaban J connectivity index is 1.52. The number of hydrogen-bond acceptors (Lipinski definition) is 4. The largest absolute Gasteiger partial charge is 0.392 e. The highest BCUT2D eigenvalue weighted by molar-refractivity contribution is 5.88. The van der Waals surface area contributed by atoms with E-state index < -0.39 is 0 Å². The van der Waals surface area contributed by atoms with Crippen molar-refractivity contribution < 1.29 is 14.3 Å². The topological polar surface area (TPSA) is 40.0 Å². The molecule has 0 amide bonds. The van der Waals surface area contributed by atoms with E-state index in [0.717, 1.165) is 38.1 Å². The second-order valence-electron chi connectivity index (χ2n) is 10.3. The molecule has 4 saturated carbocycles. The average molecular weight is 388 g/mol. The van der Waals surface area contributed by atoms with Crippen molar-refractivity contribution in [3.05, 3.63) is 12.7 Å². The van der Waals surface area contributed by atoms with Crippen molar-refractivity contribution in [2.45, 2.75) is 70.8 Å². The molecule has 0 aromatic heterocycles. The Hall–Kier alpha value is -0.870. The summed E-state index contributed by atoms with van der Waals surface area (Å²) in [4.78, 5) is 5.70. The molecule has 0 bridgehead atoms. The Morgan fingerprint density at radius 1 is 1.14 bits per heavy atom. The molecule has 5 fully saturated rings. The Kier molecular flexibility index (Phi) is 5.07. The fraction of sp³-hybridized carbons (Fsp3) is 0.875. The zero-order valence-electron chi connectivity index (χ0n) is 17.5. The van der Waals surface area contributed by atoms with Gasteiger partial charge in [-0.15, -0.1) is 0 Å². The van der Waals surface area contributed by atoms with Crippen molar-refractivity contribution in [3.8, 4) is 0 Å². The lowest BCUT2D eigenvalue weighted by atomic mass is 9.44. The molecule has 4 heteroatoms. The van der Waals surface area contributed by atoms with Gasteiger partial charge in [0, 0.05) is 11.3 Å². The van der Waals surface area contributed by atoms with Crippen LogP contribution in [0.5, 0.6) is 0 Å². The third kappa shape index (κ3) is 2.81.